The predicted octanol–water partition coefficient (Wildman–Crippen LogP) is 3.26. The number of ether oxygens (including phenoxy) is 1. The van der Waals surface area contributed by atoms with Gasteiger partial charge in [-0.1, -0.05) is 64.7 Å². The molecule has 0 aromatic rings. The fraction of sp³-hybridized carbons (Fsp3) is 1.00. The smallest absolute Gasteiger partial charge is 0.0926 e. The zero-order valence-corrected chi connectivity index (χ0v) is 14.9. The monoisotopic (exact) mass is 317 g/mol. The number of likely N-dealkylation sites (N-methyl/N-ethyl adjacent to an activating group) is 1. The number of aliphatic hydroxyl groups excluding tert-OH is 2. The maximum atomic E-state index is 9.90. The van der Waals surface area contributed by atoms with Crippen LogP contribution in [0.5, 0.6) is 0 Å². The Kier molecular flexibility index (Phi) is 17.1. The van der Waals surface area contributed by atoms with Gasteiger partial charge in [0.25, 0.3) is 0 Å². The Morgan fingerprint density at radius 2 is 1.45 bits per heavy atom. The Balaban J connectivity index is 3.41. The molecule has 4 heteroatoms. The van der Waals surface area contributed by atoms with Gasteiger partial charge in [-0.25, -0.2) is 0 Å². The number of aliphatic hydroxyl groups is 2. The maximum Gasteiger partial charge on any atom is 0.0926 e. The minimum Gasteiger partial charge on any atom is -0.396 e. The van der Waals surface area contributed by atoms with Gasteiger partial charge in [0.2, 0.25) is 0 Å². The van der Waals surface area contributed by atoms with Gasteiger partial charge in [0.15, 0.2) is 0 Å². The molecule has 0 spiro atoms. The number of hydrogen-bond donors (Lipinski definition) is 3. The molecule has 134 valence electrons. The van der Waals surface area contributed by atoms with Gasteiger partial charge in [0.1, 0.15) is 0 Å². The lowest BCUT2D eigenvalue weighted by atomic mass is 10.1. The number of rotatable bonds is 17. The summed E-state index contributed by atoms with van der Waals surface area (Å²) in [6, 6.07) is 0. The van der Waals surface area contributed by atoms with E-state index in [0.29, 0.717) is 19.6 Å². The second-order valence-corrected chi connectivity index (χ2v) is 6.23. The molecule has 0 radical (unpaired) electrons. The Hall–Kier alpha value is -0.160. The van der Waals surface area contributed by atoms with Crippen LogP contribution in [-0.4, -0.2) is 49.2 Å². The molecular weight excluding hydrogens is 278 g/mol. The van der Waals surface area contributed by atoms with Crippen LogP contribution in [0.1, 0.15) is 77.6 Å². The molecule has 2 atom stereocenters. The molecule has 0 rings (SSSR count). The molecular formula is C18H39NO3. The second-order valence-electron chi connectivity index (χ2n) is 6.23. The second kappa shape index (κ2) is 17.2. The molecule has 22 heavy (non-hydrogen) atoms. The van der Waals surface area contributed by atoms with E-state index in [-0.39, 0.29) is 12.7 Å². The highest BCUT2D eigenvalue weighted by molar-refractivity contribution is 4.70. The van der Waals surface area contributed by atoms with Crippen molar-refractivity contribution in [2.75, 3.05) is 26.8 Å². The Morgan fingerprint density at radius 3 is 1.95 bits per heavy atom. The molecule has 0 saturated carbocycles. The number of hydrogen-bond acceptors (Lipinski definition) is 4. The van der Waals surface area contributed by atoms with E-state index in [1.807, 2.05) is 7.05 Å². The third-order valence-electron chi connectivity index (χ3n) is 4.09. The van der Waals surface area contributed by atoms with Crippen LogP contribution in [-0.2, 0) is 4.74 Å². The molecule has 2 unspecified atom stereocenters. The fourth-order valence-electron chi connectivity index (χ4n) is 2.68. The van der Waals surface area contributed by atoms with Crippen LogP contribution >= 0.6 is 0 Å². The van der Waals surface area contributed by atoms with E-state index in [9.17, 15) is 5.11 Å². The van der Waals surface area contributed by atoms with Crippen molar-refractivity contribution in [3.05, 3.63) is 0 Å². The van der Waals surface area contributed by atoms with Crippen LogP contribution in [0.2, 0.25) is 0 Å². The van der Waals surface area contributed by atoms with Crippen molar-refractivity contribution in [1.82, 2.24) is 5.32 Å². The zero-order chi connectivity index (χ0) is 16.5. The average Bonchev–Trinajstić information content (AvgIpc) is 2.51. The fourth-order valence-corrected chi connectivity index (χ4v) is 2.68. The van der Waals surface area contributed by atoms with E-state index in [2.05, 4.69) is 12.2 Å². The highest BCUT2D eigenvalue weighted by Gasteiger charge is 2.18. The van der Waals surface area contributed by atoms with Gasteiger partial charge in [-0.3, -0.25) is 0 Å². The molecule has 0 aliphatic carbocycles. The number of unbranched alkanes of at least 4 members (excludes halogenated alkanes) is 9. The van der Waals surface area contributed by atoms with Crippen molar-refractivity contribution < 1.29 is 14.9 Å². The van der Waals surface area contributed by atoms with Gasteiger partial charge in [-0.15, -0.1) is 0 Å². The topological polar surface area (TPSA) is 61.7 Å². The summed E-state index contributed by atoms with van der Waals surface area (Å²) in [4.78, 5) is 0. The van der Waals surface area contributed by atoms with Gasteiger partial charge < -0.3 is 20.3 Å². The van der Waals surface area contributed by atoms with Crippen LogP contribution in [0.4, 0.5) is 0 Å². The summed E-state index contributed by atoms with van der Waals surface area (Å²) >= 11 is 0. The van der Waals surface area contributed by atoms with Crippen molar-refractivity contribution in [3.8, 4) is 0 Å². The van der Waals surface area contributed by atoms with Gasteiger partial charge in [0.05, 0.1) is 12.2 Å². The van der Waals surface area contributed by atoms with E-state index >= 15 is 0 Å². The third-order valence-corrected chi connectivity index (χ3v) is 4.09. The van der Waals surface area contributed by atoms with Crippen LogP contribution in [0.3, 0.4) is 0 Å². The summed E-state index contributed by atoms with van der Waals surface area (Å²) in [6.07, 6.45) is 12.8. The Morgan fingerprint density at radius 1 is 0.909 bits per heavy atom. The predicted molar refractivity (Wildman–Crippen MR) is 93.2 cm³/mol. The molecule has 4 nitrogen and oxygen atoms in total. The van der Waals surface area contributed by atoms with E-state index in [0.717, 1.165) is 6.42 Å². The van der Waals surface area contributed by atoms with Crippen molar-refractivity contribution >= 4 is 0 Å². The highest BCUT2D eigenvalue weighted by atomic mass is 16.5. The molecule has 0 saturated heterocycles. The van der Waals surface area contributed by atoms with E-state index < -0.39 is 6.10 Å². The molecule has 0 bridgehead atoms. The van der Waals surface area contributed by atoms with Crippen molar-refractivity contribution in [3.63, 3.8) is 0 Å². The molecule has 0 aliphatic rings. The third kappa shape index (κ3) is 13.5. The van der Waals surface area contributed by atoms with Crippen LogP contribution in [0, 0.1) is 0 Å². The first-order chi connectivity index (χ1) is 10.8. The van der Waals surface area contributed by atoms with Gasteiger partial charge >= 0.3 is 0 Å². The SMILES string of the molecule is CCCCCCCCCCCCOC(CCO)C(O)CNC. The summed E-state index contributed by atoms with van der Waals surface area (Å²) in [6.45, 7) is 3.50. The van der Waals surface area contributed by atoms with Gasteiger partial charge in [0, 0.05) is 19.8 Å². The normalized spacial score (nSPS) is 14.2. The summed E-state index contributed by atoms with van der Waals surface area (Å²) < 4.78 is 5.72. The van der Waals surface area contributed by atoms with E-state index in [4.69, 9.17) is 9.84 Å². The van der Waals surface area contributed by atoms with Crippen LogP contribution < -0.4 is 5.32 Å². The minimum atomic E-state index is -0.541. The highest BCUT2D eigenvalue weighted by Crippen LogP contribution is 2.11. The first kappa shape index (κ1) is 21.8. The average molecular weight is 318 g/mol. The lowest BCUT2D eigenvalue weighted by Gasteiger charge is -2.22. The molecule has 0 aromatic heterocycles. The van der Waals surface area contributed by atoms with Gasteiger partial charge in [-0.2, -0.15) is 0 Å². The minimum absolute atomic E-state index is 0.0590. The number of nitrogens with one attached hydrogen (secondary N) is 1. The van der Waals surface area contributed by atoms with E-state index in [1.165, 1.54) is 57.8 Å². The summed E-state index contributed by atoms with van der Waals surface area (Å²) in [7, 11) is 1.81. The van der Waals surface area contributed by atoms with E-state index in [1.54, 1.807) is 0 Å². The Bertz CT molecular complexity index is 215. The quantitative estimate of drug-likeness (QED) is 0.360. The summed E-state index contributed by atoms with van der Waals surface area (Å²) in [5, 5.41) is 21.9. The lowest BCUT2D eigenvalue weighted by molar-refractivity contribution is -0.0472. The molecule has 0 fully saturated rings. The molecule has 0 aromatic carbocycles. The lowest BCUT2D eigenvalue weighted by Crippen LogP contribution is -2.37. The first-order valence-corrected chi connectivity index (χ1v) is 9.31. The van der Waals surface area contributed by atoms with Crippen molar-refractivity contribution in [1.29, 1.82) is 0 Å². The Labute approximate surface area is 137 Å². The van der Waals surface area contributed by atoms with Crippen molar-refractivity contribution in [2.24, 2.45) is 0 Å². The standard InChI is InChI=1S/C18H39NO3/c1-3-4-5-6-7-8-9-10-11-12-15-22-18(13-14-20)17(21)16-19-2/h17-21H,3-16H2,1-2H3. The van der Waals surface area contributed by atoms with Crippen molar-refractivity contribution in [2.45, 2.75) is 89.8 Å². The van der Waals surface area contributed by atoms with Crippen LogP contribution in [0.15, 0.2) is 0 Å². The zero-order valence-electron chi connectivity index (χ0n) is 14.9. The molecule has 0 amide bonds. The first-order valence-electron chi connectivity index (χ1n) is 9.31. The molecule has 0 heterocycles. The largest absolute Gasteiger partial charge is 0.396 e. The van der Waals surface area contributed by atoms with Crippen LogP contribution in [0.25, 0.3) is 0 Å². The molecule has 0 aliphatic heterocycles. The molecule has 3 N–H and O–H groups in total. The summed E-state index contributed by atoms with van der Waals surface area (Å²) in [5.74, 6) is 0. The van der Waals surface area contributed by atoms with Gasteiger partial charge in [-0.05, 0) is 19.9 Å². The summed E-state index contributed by atoms with van der Waals surface area (Å²) in [5.41, 5.74) is 0. The maximum absolute atomic E-state index is 9.90.